The fraction of sp³-hybridized carbons (Fsp3) is 0.607. The van der Waals surface area contributed by atoms with Gasteiger partial charge >= 0.3 is 0 Å². The van der Waals surface area contributed by atoms with Gasteiger partial charge in [-0.15, -0.1) is 0 Å². The van der Waals surface area contributed by atoms with Crippen molar-refractivity contribution in [3.63, 3.8) is 0 Å². The van der Waals surface area contributed by atoms with E-state index < -0.39 is 0 Å². The predicted molar refractivity (Wildman–Crippen MR) is 127 cm³/mol. The Kier molecular flexibility index (Phi) is 5.97. The molecule has 0 aliphatic heterocycles. The van der Waals surface area contributed by atoms with Gasteiger partial charge in [0.2, 0.25) is 0 Å². The van der Waals surface area contributed by atoms with Crippen molar-refractivity contribution in [1.82, 2.24) is 0 Å². The minimum atomic E-state index is 0.433. The summed E-state index contributed by atoms with van der Waals surface area (Å²) in [5.41, 5.74) is 7.72. The second-order valence-corrected chi connectivity index (χ2v) is 10.5. The third-order valence-corrected chi connectivity index (χ3v) is 8.83. The second kappa shape index (κ2) is 8.36. The van der Waals surface area contributed by atoms with Gasteiger partial charge in [-0.3, -0.25) is 4.79 Å². The lowest BCUT2D eigenvalue weighted by Crippen LogP contribution is -2.42. The highest BCUT2D eigenvalue weighted by atomic mass is 16.1. The fourth-order valence-electron chi connectivity index (χ4n) is 7.05. The molecule has 3 aliphatic carbocycles. The summed E-state index contributed by atoms with van der Waals surface area (Å²) in [6.07, 6.45) is 11.4. The molecule has 1 aromatic rings. The summed E-state index contributed by atoms with van der Waals surface area (Å²) in [6.45, 7) is 7.36. The molecule has 0 bridgehead atoms. The number of nitrogens with zero attached hydrogens (tertiary/aromatic N) is 1. The SMILES string of the molecule is CCCC1=C2C(c3ccc(N(C)C)cc3)CC3(C)C(CC[C@H]3C)C2CC/C1=C/C=O. The molecule has 0 N–H and O–H groups in total. The molecule has 2 saturated carbocycles. The Morgan fingerprint density at radius 3 is 2.50 bits per heavy atom. The largest absolute Gasteiger partial charge is 0.378 e. The third-order valence-electron chi connectivity index (χ3n) is 8.83. The molecule has 0 amide bonds. The number of fused-ring (bicyclic) bond motifs is 3. The molecule has 162 valence electrons. The number of rotatable bonds is 5. The normalized spacial score (nSPS) is 34.6. The van der Waals surface area contributed by atoms with Crippen molar-refractivity contribution in [1.29, 1.82) is 0 Å². The zero-order valence-corrected chi connectivity index (χ0v) is 19.6. The van der Waals surface area contributed by atoms with Crippen molar-refractivity contribution in [2.75, 3.05) is 19.0 Å². The molecule has 0 heterocycles. The lowest BCUT2D eigenvalue weighted by Gasteiger charge is -2.52. The lowest BCUT2D eigenvalue weighted by atomic mass is 9.52. The minimum absolute atomic E-state index is 0.433. The Bertz CT molecular complexity index is 846. The lowest BCUT2D eigenvalue weighted by molar-refractivity contribution is -0.104. The molecule has 0 aromatic heterocycles. The molecular formula is C28H39NO. The molecule has 1 aromatic carbocycles. The molecule has 4 unspecified atom stereocenters. The van der Waals surface area contributed by atoms with Gasteiger partial charge in [0, 0.05) is 25.7 Å². The van der Waals surface area contributed by atoms with Crippen LogP contribution in [0.15, 0.2) is 47.1 Å². The average Bonchev–Trinajstić information content (AvgIpc) is 3.04. The average molecular weight is 406 g/mol. The fourth-order valence-corrected chi connectivity index (χ4v) is 7.05. The quantitative estimate of drug-likeness (QED) is 0.391. The molecule has 0 saturated heterocycles. The van der Waals surface area contributed by atoms with Gasteiger partial charge in [-0.1, -0.05) is 44.9 Å². The number of hydrogen-bond donors (Lipinski definition) is 0. The Hall–Kier alpha value is -1.83. The number of aldehydes is 1. The maximum atomic E-state index is 11.4. The molecule has 2 heteroatoms. The monoisotopic (exact) mass is 405 g/mol. The first kappa shape index (κ1) is 21.4. The van der Waals surface area contributed by atoms with E-state index in [4.69, 9.17) is 0 Å². The molecule has 0 spiro atoms. The first-order valence-corrected chi connectivity index (χ1v) is 12.1. The van der Waals surface area contributed by atoms with Gasteiger partial charge in [-0.2, -0.15) is 0 Å². The van der Waals surface area contributed by atoms with Crippen LogP contribution in [0.3, 0.4) is 0 Å². The van der Waals surface area contributed by atoms with Gasteiger partial charge < -0.3 is 4.90 Å². The van der Waals surface area contributed by atoms with Crippen molar-refractivity contribution in [2.24, 2.45) is 23.2 Å². The van der Waals surface area contributed by atoms with Gasteiger partial charge in [-0.05, 0) is 96.6 Å². The highest BCUT2D eigenvalue weighted by molar-refractivity contribution is 5.69. The van der Waals surface area contributed by atoms with E-state index in [1.54, 1.807) is 5.57 Å². The summed E-state index contributed by atoms with van der Waals surface area (Å²) in [5, 5.41) is 0. The zero-order valence-electron chi connectivity index (χ0n) is 19.6. The highest BCUT2D eigenvalue weighted by Crippen LogP contribution is 2.65. The first-order chi connectivity index (χ1) is 14.4. The number of hydrogen-bond acceptors (Lipinski definition) is 2. The van der Waals surface area contributed by atoms with Gasteiger partial charge in [0.05, 0.1) is 0 Å². The van der Waals surface area contributed by atoms with Crippen molar-refractivity contribution < 1.29 is 4.79 Å². The zero-order chi connectivity index (χ0) is 21.5. The van der Waals surface area contributed by atoms with E-state index in [1.165, 1.54) is 48.1 Å². The van der Waals surface area contributed by atoms with Gasteiger partial charge in [-0.25, -0.2) is 0 Å². The van der Waals surface area contributed by atoms with Crippen LogP contribution in [-0.2, 0) is 4.79 Å². The number of carbonyl (C=O) groups is 1. The summed E-state index contributed by atoms with van der Waals surface area (Å²) in [5.74, 6) is 2.79. The van der Waals surface area contributed by atoms with Crippen molar-refractivity contribution in [3.05, 3.63) is 52.6 Å². The Balaban J connectivity index is 1.87. The number of benzene rings is 1. The summed E-state index contributed by atoms with van der Waals surface area (Å²) in [6, 6.07) is 9.30. The van der Waals surface area contributed by atoms with E-state index in [2.05, 4.69) is 64.0 Å². The molecule has 3 aliphatic rings. The van der Waals surface area contributed by atoms with Gasteiger partial charge in [0.15, 0.2) is 0 Å². The highest BCUT2D eigenvalue weighted by Gasteiger charge is 2.54. The van der Waals surface area contributed by atoms with Crippen LogP contribution in [0, 0.1) is 23.2 Å². The van der Waals surface area contributed by atoms with E-state index in [1.807, 2.05) is 6.08 Å². The molecule has 30 heavy (non-hydrogen) atoms. The second-order valence-electron chi connectivity index (χ2n) is 10.5. The van der Waals surface area contributed by atoms with E-state index in [9.17, 15) is 4.79 Å². The van der Waals surface area contributed by atoms with E-state index in [0.717, 1.165) is 37.4 Å². The van der Waals surface area contributed by atoms with Crippen molar-refractivity contribution in [2.45, 2.75) is 71.6 Å². The maximum Gasteiger partial charge on any atom is 0.143 e. The van der Waals surface area contributed by atoms with Crippen LogP contribution in [0.1, 0.15) is 77.2 Å². The summed E-state index contributed by atoms with van der Waals surface area (Å²) in [4.78, 5) is 13.6. The van der Waals surface area contributed by atoms with E-state index >= 15 is 0 Å². The molecule has 2 fully saturated rings. The summed E-state index contributed by atoms with van der Waals surface area (Å²) >= 11 is 0. The van der Waals surface area contributed by atoms with E-state index in [-0.39, 0.29) is 0 Å². The molecule has 4 rings (SSSR count). The van der Waals surface area contributed by atoms with E-state index in [0.29, 0.717) is 17.3 Å². The smallest absolute Gasteiger partial charge is 0.143 e. The predicted octanol–water partition coefficient (Wildman–Crippen LogP) is 6.92. The Morgan fingerprint density at radius 2 is 1.87 bits per heavy atom. The van der Waals surface area contributed by atoms with Gasteiger partial charge in [0.25, 0.3) is 0 Å². The van der Waals surface area contributed by atoms with Crippen LogP contribution in [0.5, 0.6) is 0 Å². The van der Waals surface area contributed by atoms with Crippen LogP contribution in [0.25, 0.3) is 0 Å². The molecule has 0 radical (unpaired) electrons. The van der Waals surface area contributed by atoms with Crippen molar-refractivity contribution >= 4 is 12.0 Å². The Morgan fingerprint density at radius 1 is 1.13 bits per heavy atom. The van der Waals surface area contributed by atoms with Crippen LogP contribution in [-0.4, -0.2) is 20.4 Å². The molecule has 5 atom stereocenters. The minimum Gasteiger partial charge on any atom is -0.378 e. The van der Waals surface area contributed by atoms with Gasteiger partial charge in [0.1, 0.15) is 6.29 Å². The topological polar surface area (TPSA) is 20.3 Å². The number of allylic oxidation sites excluding steroid dienone is 4. The first-order valence-electron chi connectivity index (χ1n) is 12.1. The number of anilines is 1. The maximum absolute atomic E-state index is 11.4. The summed E-state index contributed by atoms with van der Waals surface area (Å²) in [7, 11) is 4.22. The number of carbonyl (C=O) groups excluding carboxylic acids is 1. The van der Waals surface area contributed by atoms with Crippen LogP contribution >= 0.6 is 0 Å². The van der Waals surface area contributed by atoms with Crippen LogP contribution in [0.4, 0.5) is 5.69 Å². The van der Waals surface area contributed by atoms with Crippen molar-refractivity contribution in [3.8, 4) is 0 Å². The van der Waals surface area contributed by atoms with Crippen LogP contribution in [0.2, 0.25) is 0 Å². The third kappa shape index (κ3) is 3.47. The molecule has 2 nitrogen and oxygen atoms in total. The Labute approximate surface area is 183 Å². The summed E-state index contributed by atoms with van der Waals surface area (Å²) < 4.78 is 0. The molecular weight excluding hydrogens is 366 g/mol. The van der Waals surface area contributed by atoms with Crippen LogP contribution < -0.4 is 4.90 Å². The standard InChI is InChI=1S/C28H39NO/c1-6-7-23-21(16-17-30)11-14-24-26-15-8-19(2)28(26,3)18-25(27(23)24)20-9-12-22(13-10-20)29(4)5/h9-10,12-13,16-17,19,24-26H,6-8,11,14-15,18H2,1-5H3/b21-16-/t19-,24?,25?,26?,28?/m1/s1.